The highest BCUT2D eigenvalue weighted by atomic mass is 16.1. The van der Waals surface area contributed by atoms with E-state index in [0.717, 1.165) is 19.3 Å². The average molecular weight is 312 g/mol. The highest BCUT2D eigenvalue weighted by molar-refractivity contribution is 5.94. The summed E-state index contributed by atoms with van der Waals surface area (Å²) >= 11 is 0. The first kappa shape index (κ1) is 16.7. The van der Waals surface area contributed by atoms with E-state index in [1.54, 1.807) is 11.6 Å². The fourth-order valence-electron chi connectivity index (χ4n) is 6.14. The van der Waals surface area contributed by atoms with Crippen molar-refractivity contribution in [2.24, 2.45) is 28.1 Å². The smallest absolute Gasteiger partial charge is 0.161 e. The van der Waals surface area contributed by atoms with E-state index >= 15 is 0 Å². The third-order valence-corrected chi connectivity index (χ3v) is 7.58. The Balaban J connectivity index is 2.00. The third kappa shape index (κ3) is 2.39. The molecule has 126 valence electrons. The van der Waals surface area contributed by atoms with Gasteiger partial charge < -0.3 is 0 Å². The van der Waals surface area contributed by atoms with Crippen LogP contribution in [0.3, 0.4) is 0 Å². The van der Waals surface area contributed by atoms with Gasteiger partial charge in [-0.25, -0.2) is 0 Å². The van der Waals surface area contributed by atoms with E-state index in [1.807, 2.05) is 0 Å². The molecule has 0 bridgehead atoms. The summed E-state index contributed by atoms with van der Waals surface area (Å²) in [7, 11) is 0. The van der Waals surface area contributed by atoms with Gasteiger partial charge in [0.25, 0.3) is 0 Å². The molecule has 1 nitrogen and oxygen atoms in total. The van der Waals surface area contributed by atoms with Crippen molar-refractivity contribution in [2.45, 2.75) is 65.7 Å². The molecule has 2 saturated carbocycles. The average Bonchev–Trinajstić information content (AvgIpc) is 2.53. The number of hydrogen-bond donors (Lipinski definition) is 0. The second-order valence-corrected chi connectivity index (χ2v) is 9.01. The first-order chi connectivity index (χ1) is 10.8. The molecule has 0 aromatic rings. The van der Waals surface area contributed by atoms with Crippen LogP contribution in [-0.2, 0) is 4.79 Å². The minimum Gasteiger partial charge on any atom is -0.294 e. The zero-order valence-corrected chi connectivity index (χ0v) is 15.2. The predicted octanol–water partition coefficient (Wildman–Crippen LogP) is 5.88. The third-order valence-electron chi connectivity index (χ3n) is 7.58. The summed E-state index contributed by atoms with van der Waals surface area (Å²) < 4.78 is 0. The minimum absolute atomic E-state index is 0.205. The number of ketones is 1. The highest BCUT2D eigenvalue weighted by Gasteiger charge is 2.56. The van der Waals surface area contributed by atoms with Crippen LogP contribution in [0.1, 0.15) is 65.7 Å². The van der Waals surface area contributed by atoms with Crippen LogP contribution in [-0.4, -0.2) is 5.78 Å². The Kier molecular flexibility index (Phi) is 3.98. The van der Waals surface area contributed by atoms with Gasteiger partial charge in [0.2, 0.25) is 0 Å². The molecular weight excluding hydrogens is 280 g/mol. The molecule has 0 aliphatic heterocycles. The van der Waals surface area contributed by atoms with Crippen LogP contribution < -0.4 is 0 Å². The number of allylic oxidation sites excluding steroid dienone is 4. The lowest BCUT2D eigenvalue weighted by molar-refractivity contribution is -0.134. The van der Waals surface area contributed by atoms with Crippen molar-refractivity contribution in [1.82, 2.24) is 0 Å². The van der Waals surface area contributed by atoms with Crippen molar-refractivity contribution in [2.75, 3.05) is 0 Å². The normalized spacial score (nSPS) is 46.1. The highest BCUT2D eigenvalue weighted by Crippen LogP contribution is 2.63. The molecule has 1 heteroatoms. The fourth-order valence-corrected chi connectivity index (χ4v) is 6.14. The SMILES string of the molecule is C=CC(=O)[C@]1(C)CCC[C@@]2(C)C3=CC[C@](C)(C=C)CC3CC[C@H]12. The van der Waals surface area contributed by atoms with E-state index in [-0.39, 0.29) is 22.0 Å². The number of rotatable bonds is 3. The molecule has 0 aromatic carbocycles. The van der Waals surface area contributed by atoms with Crippen molar-refractivity contribution in [3.8, 4) is 0 Å². The van der Waals surface area contributed by atoms with E-state index in [1.165, 1.54) is 25.7 Å². The zero-order valence-electron chi connectivity index (χ0n) is 15.2. The summed E-state index contributed by atoms with van der Waals surface area (Å²) in [5.74, 6) is 1.43. The maximum atomic E-state index is 12.6. The first-order valence-corrected chi connectivity index (χ1v) is 9.30. The van der Waals surface area contributed by atoms with Crippen LogP contribution in [0.25, 0.3) is 0 Å². The van der Waals surface area contributed by atoms with Gasteiger partial charge in [0.05, 0.1) is 0 Å². The molecule has 3 aliphatic rings. The summed E-state index contributed by atoms with van der Waals surface area (Å²) in [6.07, 6.45) is 14.4. The topological polar surface area (TPSA) is 17.1 Å². The number of hydrogen-bond acceptors (Lipinski definition) is 1. The fraction of sp³-hybridized carbons (Fsp3) is 0.682. The second-order valence-electron chi connectivity index (χ2n) is 9.01. The van der Waals surface area contributed by atoms with Crippen molar-refractivity contribution < 1.29 is 4.79 Å². The Morgan fingerprint density at radius 1 is 1.22 bits per heavy atom. The van der Waals surface area contributed by atoms with Gasteiger partial charge in [-0.05, 0) is 67.3 Å². The number of carbonyl (C=O) groups excluding carboxylic acids is 1. The standard InChI is InChI=1S/C22H32O/c1-6-19(23)22(5)13-8-12-21(4)17-11-14-20(3,7-2)15-16(17)9-10-18(21)22/h6-7,11,16,18H,1-2,8-10,12-15H2,3-5H3/t16?,18-,20-,21-,22+/m0/s1. The molecular formula is C22H32O. The summed E-state index contributed by atoms with van der Waals surface area (Å²) in [4.78, 5) is 12.6. The van der Waals surface area contributed by atoms with Gasteiger partial charge in [0, 0.05) is 5.41 Å². The summed E-state index contributed by atoms with van der Waals surface area (Å²) in [6.45, 7) is 14.8. The Morgan fingerprint density at radius 2 is 1.96 bits per heavy atom. The molecule has 0 N–H and O–H groups in total. The number of fused-ring (bicyclic) bond motifs is 3. The largest absolute Gasteiger partial charge is 0.294 e. The Bertz CT molecular complexity index is 571. The van der Waals surface area contributed by atoms with Crippen LogP contribution in [0.2, 0.25) is 0 Å². The molecule has 0 amide bonds. The van der Waals surface area contributed by atoms with Gasteiger partial charge in [0.1, 0.15) is 0 Å². The van der Waals surface area contributed by atoms with Gasteiger partial charge in [0.15, 0.2) is 5.78 Å². The molecule has 1 unspecified atom stereocenters. The molecule has 0 spiro atoms. The van der Waals surface area contributed by atoms with E-state index in [9.17, 15) is 4.79 Å². The molecule has 3 rings (SSSR count). The molecule has 2 fully saturated rings. The van der Waals surface area contributed by atoms with Crippen LogP contribution >= 0.6 is 0 Å². The zero-order chi connectivity index (χ0) is 16.9. The minimum atomic E-state index is -0.209. The van der Waals surface area contributed by atoms with Gasteiger partial charge in [-0.15, -0.1) is 6.58 Å². The molecule has 5 atom stereocenters. The van der Waals surface area contributed by atoms with Crippen molar-refractivity contribution in [1.29, 1.82) is 0 Å². The van der Waals surface area contributed by atoms with Gasteiger partial charge in [-0.3, -0.25) is 4.79 Å². The Morgan fingerprint density at radius 3 is 2.61 bits per heavy atom. The van der Waals surface area contributed by atoms with E-state index in [4.69, 9.17) is 0 Å². The predicted molar refractivity (Wildman–Crippen MR) is 97.1 cm³/mol. The Hall–Kier alpha value is -1.11. The Labute approximate surface area is 141 Å². The molecule has 3 aliphatic carbocycles. The lowest BCUT2D eigenvalue weighted by Crippen LogP contribution is -2.52. The van der Waals surface area contributed by atoms with E-state index < -0.39 is 0 Å². The molecule has 0 aromatic heterocycles. The maximum absolute atomic E-state index is 12.6. The monoisotopic (exact) mass is 312 g/mol. The van der Waals surface area contributed by atoms with E-state index in [2.05, 4.69) is 46.1 Å². The van der Waals surface area contributed by atoms with Gasteiger partial charge in [-0.1, -0.05) is 51.5 Å². The van der Waals surface area contributed by atoms with Crippen LogP contribution in [0.4, 0.5) is 0 Å². The number of carbonyl (C=O) groups is 1. The first-order valence-electron chi connectivity index (χ1n) is 9.30. The maximum Gasteiger partial charge on any atom is 0.161 e. The lowest BCUT2D eigenvalue weighted by atomic mass is 9.45. The second kappa shape index (κ2) is 5.46. The van der Waals surface area contributed by atoms with Crippen LogP contribution in [0, 0.1) is 28.1 Å². The van der Waals surface area contributed by atoms with E-state index in [0.29, 0.717) is 11.8 Å². The summed E-state index contributed by atoms with van der Waals surface area (Å²) in [6, 6.07) is 0. The van der Waals surface area contributed by atoms with Crippen molar-refractivity contribution >= 4 is 5.78 Å². The van der Waals surface area contributed by atoms with Crippen LogP contribution in [0.15, 0.2) is 37.0 Å². The summed E-state index contributed by atoms with van der Waals surface area (Å²) in [5.41, 5.74) is 1.92. The molecule has 0 heterocycles. The summed E-state index contributed by atoms with van der Waals surface area (Å²) in [5, 5.41) is 0. The van der Waals surface area contributed by atoms with Crippen molar-refractivity contribution in [3.63, 3.8) is 0 Å². The molecule has 0 radical (unpaired) electrons. The lowest BCUT2D eigenvalue weighted by Gasteiger charge is -2.58. The molecule has 0 saturated heterocycles. The van der Waals surface area contributed by atoms with Gasteiger partial charge in [-0.2, -0.15) is 0 Å². The van der Waals surface area contributed by atoms with Crippen LogP contribution in [0.5, 0.6) is 0 Å². The van der Waals surface area contributed by atoms with Crippen molar-refractivity contribution in [3.05, 3.63) is 37.0 Å². The van der Waals surface area contributed by atoms with Gasteiger partial charge >= 0.3 is 0 Å². The quantitative estimate of drug-likeness (QED) is 0.470. The molecule has 23 heavy (non-hydrogen) atoms.